The zero-order valence-corrected chi connectivity index (χ0v) is 16.9. The first-order chi connectivity index (χ1) is 13.8. The quantitative estimate of drug-likeness (QED) is 0.798. The molecular formula is C22H22FN3O3. The highest BCUT2D eigenvalue weighted by atomic mass is 19.1. The molecule has 0 atom stereocenters. The Morgan fingerprint density at radius 1 is 1.17 bits per heavy atom. The summed E-state index contributed by atoms with van der Waals surface area (Å²) in [6, 6.07) is 7.97. The van der Waals surface area contributed by atoms with Gasteiger partial charge in [-0.1, -0.05) is 0 Å². The number of rotatable bonds is 3. The SMILES string of the molecule is COc1ccc(F)cc1-c1cc(C#N)c(N(C(C)=O)C(C)=O)c2c1CCN(C)C2. The summed E-state index contributed by atoms with van der Waals surface area (Å²) in [7, 11) is 3.43. The zero-order chi connectivity index (χ0) is 21.3. The fraction of sp³-hybridized carbons (Fsp3) is 0.318. The molecule has 7 heteroatoms. The topological polar surface area (TPSA) is 73.6 Å². The van der Waals surface area contributed by atoms with Crippen molar-refractivity contribution in [1.82, 2.24) is 4.90 Å². The minimum absolute atomic E-state index is 0.186. The maximum atomic E-state index is 14.0. The molecule has 0 spiro atoms. The molecule has 0 aromatic heterocycles. The number of imide groups is 1. The van der Waals surface area contributed by atoms with Crippen molar-refractivity contribution in [3.63, 3.8) is 0 Å². The van der Waals surface area contributed by atoms with E-state index < -0.39 is 17.6 Å². The Morgan fingerprint density at radius 3 is 2.45 bits per heavy atom. The van der Waals surface area contributed by atoms with Gasteiger partial charge in [-0.3, -0.25) is 9.59 Å². The van der Waals surface area contributed by atoms with Crippen LogP contribution < -0.4 is 9.64 Å². The highest BCUT2D eigenvalue weighted by Gasteiger charge is 2.30. The number of carbonyl (C=O) groups is 2. The van der Waals surface area contributed by atoms with Crippen LogP contribution in [-0.2, 0) is 22.6 Å². The first kappa shape index (κ1) is 20.5. The fourth-order valence-corrected chi connectivity index (χ4v) is 3.88. The van der Waals surface area contributed by atoms with Gasteiger partial charge >= 0.3 is 0 Å². The van der Waals surface area contributed by atoms with Crippen LogP contribution in [0.15, 0.2) is 24.3 Å². The summed E-state index contributed by atoms with van der Waals surface area (Å²) in [4.78, 5) is 27.6. The molecule has 1 heterocycles. The summed E-state index contributed by atoms with van der Waals surface area (Å²) >= 11 is 0. The van der Waals surface area contributed by atoms with Crippen molar-refractivity contribution in [3.8, 4) is 22.9 Å². The number of fused-ring (bicyclic) bond motifs is 1. The second-order valence-corrected chi connectivity index (χ2v) is 7.10. The van der Waals surface area contributed by atoms with Crippen LogP contribution in [-0.4, -0.2) is 37.4 Å². The monoisotopic (exact) mass is 395 g/mol. The van der Waals surface area contributed by atoms with Crippen molar-refractivity contribution in [2.45, 2.75) is 26.8 Å². The van der Waals surface area contributed by atoms with E-state index in [0.29, 0.717) is 35.5 Å². The lowest BCUT2D eigenvalue weighted by molar-refractivity contribution is -0.124. The standard InChI is InChI=1S/C22H22FN3O3/c1-13(27)26(14(2)28)22-15(11-24)9-18(17-7-8-25(3)12-20(17)22)19-10-16(23)5-6-21(19)29-4/h5-6,9-10H,7-8,12H2,1-4H3. The predicted molar refractivity (Wildman–Crippen MR) is 107 cm³/mol. The van der Waals surface area contributed by atoms with Crippen LogP contribution in [0, 0.1) is 17.1 Å². The van der Waals surface area contributed by atoms with Gasteiger partial charge in [0.2, 0.25) is 11.8 Å². The molecule has 2 aromatic rings. The van der Waals surface area contributed by atoms with Gasteiger partial charge in [-0.25, -0.2) is 9.29 Å². The summed E-state index contributed by atoms with van der Waals surface area (Å²) in [5, 5.41) is 9.83. The van der Waals surface area contributed by atoms with Gasteiger partial charge in [-0.15, -0.1) is 0 Å². The smallest absolute Gasteiger partial charge is 0.230 e. The molecule has 0 radical (unpaired) electrons. The number of hydrogen-bond acceptors (Lipinski definition) is 5. The van der Waals surface area contributed by atoms with Crippen molar-refractivity contribution in [1.29, 1.82) is 5.26 Å². The van der Waals surface area contributed by atoms with Crippen molar-refractivity contribution < 1.29 is 18.7 Å². The minimum Gasteiger partial charge on any atom is -0.496 e. The first-order valence-electron chi connectivity index (χ1n) is 9.21. The lowest BCUT2D eigenvalue weighted by Crippen LogP contribution is -2.37. The van der Waals surface area contributed by atoms with Gasteiger partial charge < -0.3 is 9.64 Å². The second kappa shape index (κ2) is 8.02. The summed E-state index contributed by atoms with van der Waals surface area (Å²) in [6.07, 6.45) is 0.628. The van der Waals surface area contributed by atoms with E-state index in [4.69, 9.17) is 4.74 Å². The third-order valence-electron chi connectivity index (χ3n) is 5.12. The molecule has 2 amide bonds. The van der Waals surface area contributed by atoms with Crippen LogP contribution in [0.2, 0.25) is 0 Å². The van der Waals surface area contributed by atoms with Crippen molar-refractivity contribution in [2.24, 2.45) is 0 Å². The molecular weight excluding hydrogens is 373 g/mol. The van der Waals surface area contributed by atoms with E-state index in [2.05, 4.69) is 11.0 Å². The average molecular weight is 395 g/mol. The highest BCUT2D eigenvalue weighted by Crippen LogP contribution is 2.42. The van der Waals surface area contributed by atoms with E-state index in [1.165, 1.54) is 33.1 Å². The number of nitrogens with zero attached hydrogens (tertiary/aromatic N) is 3. The van der Waals surface area contributed by atoms with Crippen LogP contribution in [0.25, 0.3) is 11.1 Å². The fourth-order valence-electron chi connectivity index (χ4n) is 3.88. The molecule has 3 rings (SSSR count). The lowest BCUT2D eigenvalue weighted by atomic mass is 9.86. The maximum absolute atomic E-state index is 14.0. The number of hydrogen-bond donors (Lipinski definition) is 0. The summed E-state index contributed by atoms with van der Waals surface area (Å²) in [5.41, 5.74) is 3.32. The number of halogens is 1. The first-order valence-corrected chi connectivity index (χ1v) is 9.21. The molecule has 150 valence electrons. The normalized spacial score (nSPS) is 13.4. The minimum atomic E-state index is -0.458. The van der Waals surface area contributed by atoms with E-state index in [1.54, 1.807) is 12.1 Å². The Labute approximate surface area is 169 Å². The van der Waals surface area contributed by atoms with Gasteiger partial charge in [0.25, 0.3) is 0 Å². The van der Waals surface area contributed by atoms with Crippen LogP contribution in [0.5, 0.6) is 5.75 Å². The van der Waals surface area contributed by atoms with Gasteiger partial charge in [0, 0.05) is 32.5 Å². The Bertz CT molecular complexity index is 1030. The molecule has 0 saturated heterocycles. The molecule has 1 aliphatic heterocycles. The van der Waals surface area contributed by atoms with Gasteiger partial charge in [-0.05, 0) is 54.4 Å². The Balaban J connectivity index is 2.40. The van der Waals surface area contributed by atoms with Crippen molar-refractivity contribution in [2.75, 3.05) is 25.6 Å². The van der Waals surface area contributed by atoms with E-state index in [0.717, 1.165) is 22.6 Å². The second-order valence-electron chi connectivity index (χ2n) is 7.10. The van der Waals surface area contributed by atoms with Crippen LogP contribution in [0.1, 0.15) is 30.5 Å². The summed E-state index contributed by atoms with van der Waals surface area (Å²) in [6.45, 7) is 3.81. The molecule has 29 heavy (non-hydrogen) atoms. The van der Waals surface area contributed by atoms with Crippen LogP contribution in [0.4, 0.5) is 10.1 Å². The van der Waals surface area contributed by atoms with Crippen molar-refractivity contribution >= 4 is 17.5 Å². The molecule has 2 aromatic carbocycles. The number of amides is 2. The molecule has 0 saturated carbocycles. The van der Waals surface area contributed by atoms with E-state index in [9.17, 15) is 19.2 Å². The van der Waals surface area contributed by atoms with Gasteiger partial charge in [0.1, 0.15) is 17.6 Å². The third kappa shape index (κ3) is 3.71. The molecule has 0 fully saturated rings. The average Bonchev–Trinajstić information content (AvgIpc) is 2.67. The third-order valence-corrected chi connectivity index (χ3v) is 5.12. The molecule has 6 nitrogen and oxygen atoms in total. The van der Waals surface area contributed by atoms with Crippen molar-refractivity contribution in [3.05, 3.63) is 46.8 Å². The maximum Gasteiger partial charge on any atom is 0.230 e. The lowest BCUT2D eigenvalue weighted by Gasteiger charge is -2.32. The Hall–Kier alpha value is -3.24. The zero-order valence-electron chi connectivity index (χ0n) is 16.9. The number of likely N-dealkylation sites (N-methyl/N-ethyl adjacent to an activating group) is 1. The highest BCUT2D eigenvalue weighted by molar-refractivity contribution is 6.14. The molecule has 0 N–H and O–H groups in total. The summed E-state index contributed by atoms with van der Waals surface area (Å²) in [5.74, 6) is -0.848. The number of benzene rings is 2. The van der Waals surface area contributed by atoms with E-state index in [-0.39, 0.29) is 5.56 Å². The van der Waals surface area contributed by atoms with Gasteiger partial charge in [0.15, 0.2) is 0 Å². The van der Waals surface area contributed by atoms with E-state index in [1.807, 2.05) is 7.05 Å². The van der Waals surface area contributed by atoms with Gasteiger partial charge in [0.05, 0.1) is 18.4 Å². The summed E-state index contributed by atoms with van der Waals surface area (Å²) < 4.78 is 19.5. The number of carbonyl (C=O) groups excluding carboxylic acids is 2. The predicted octanol–water partition coefficient (Wildman–Crippen LogP) is 3.26. The molecule has 1 aliphatic rings. The van der Waals surface area contributed by atoms with Crippen LogP contribution >= 0.6 is 0 Å². The Morgan fingerprint density at radius 2 is 1.86 bits per heavy atom. The molecule has 0 unspecified atom stereocenters. The number of methoxy groups -OCH3 is 1. The van der Waals surface area contributed by atoms with Gasteiger partial charge in [-0.2, -0.15) is 5.26 Å². The molecule has 0 aliphatic carbocycles. The van der Waals surface area contributed by atoms with Crippen LogP contribution in [0.3, 0.4) is 0 Å². The molecule has 0 bridgehead atoms. The number of nitriles is 1. The van der Waals surface area contributed by atoms with E-state index >= 15 is 0 Å². The Kier molecular flexibility index (Phi) is 5.66. The number of anilines is 1. The largest absolute Gasteiger partial charge is 0.496 e. The number of ether oxygens (including phenoxy) is 1.